The molecule has 0 saturated heterocycles. The summed E-state index contributed by atoms with van der Waals surface area (Å²) in [6, 6.07) is 8.84. The summed E-state index contributed by atoms with van der Waals surface area (Å²) < 4.78 is 5.18. The fraction of sp³-hybridized carbons (Fsp3) is 0.312. The maximum atomic E-state index is 12.6. The van der Waals surface area contributed by atoms with E-state index in [-0.39, 0.29) is 30.0 Å². The van der Waals surface area contributed by atoms with Crippen LogP contribution in [0.2, 0.25) is 0 Å². The van der Waals surface area contributed by atoms with Crippen LogP contribution in [0.3, 0.4) is 0 Å². The molecule has 0 saturated carbocycles. The van der Waals surface area contributed by atoms with E-state index in [9.17, 15) is 9.59 Å². The van der Waals surface area contributed by atoms with Gasteiger partial charge in [-0.05, 0) is 18.6 Å². The van der Waals surface area contributed by atoms with Gasteiger partial charge < -0.3 is 9.84 Å². The second kappa shape index (κ2) is 5.63. The highest BCUT2D eigenvalue weighted by Gasteiger charge is 2.29. The molecule has 22 heavy (non-hydrogen) atoms. The summed E-state index contributed by atoms with van der Waals surface area (Å²) in [5.41, 5.74) is 2.03. The number of anilines is 2. The fourth-order valence-corrected chi connectivity index (χ4v) is 2.38. The number of amides is 2. The number of carbonyl (C=O) groups excluding carboxylic acids is 2. The van der Waals surface area contributed by atoms with Crippen LogP contribution in [-0.2, 0) is 4.79 Å². The number of fused-ring (bicyclic) bond motifs is 1. The molecule has 3 rings (SSSR count). The van der Waals surface area contributed by atoms with Crippen LogP contribution in [-0.4, -0.2) is 23.5 Å². The van der Waals surface area contributed by atoms with Crippen molar-refractivity contribution in [3.63, 3.8) is 0 Å². The molecule has 2 aromatic rings. The molecule has 0 unspecified atom stereocenters. The highest BCUT2D eigenvalue weighted by atomic mass is 16.5. The smallest absolute Gasteiger partial charge is 0.297 e. The normalized spacial score (nSPS) is 15.2. The Kier molecular flexibility index (Phi) is 3.66. The zero-order valence-electron chi connectivity index (χ0n) is 12.5. The van der Waals surface area contributed by atoms with Gasteiger partial charge in [0.05, 0.1) is 17.1 Å². The third kappa shape index (κ3) is 2.47. The van der Waals surface area contributed by atoms with Gasteiger partial charge in [-0.25, -0.2) is 0 Å². The van der Waals surface area contributed by atoms with Crippen molar-refractivity contribution in [1.29, 1.82) is 0 Å². The minimum atomic E-state index is -0.357. The van der Waals surface area contributed by atoms with E-state index in [4.69, 9.17) is 4.52 Å². The van der Waals surface area contributed by atoms with Gasteiger partial charge in [-0.2, -0.15) is 0 Å². The van der Waals surface area contributed by atoms with Gasteiger partial charge in [0.25, 0.3) is 5.91 Å². The van der Waals surface area contributed by atoms with Crippen LogP contribution < -0.4 is 10.2 Å². The maximum absolute atomic E-state index is 12.6. The molecule has 1 aromatic carbocycles. The number of nitrogens with one attached hydrogen (secondary N) is 1. The molecule has 1 aromatic heterocycles. The van der Waals surface area contributed by atoms with Crippen molar-refractivity contribution in [1.82, 2.24) is 5.16 Å². The fourth-order valence-electron chi connectivity index (χ4n) is 2.38. The largest absolute Gasteiger partial charge is 0.351 e. The molecule has 0 bridgehead atoms. The number of para-hydroxylation sites is 2. The molecule has 2 heterocycles. The van der Waals surface area contributed by atoms with Gasteiger partial charge in [0.15, 0.2) is 0 Å². The first-order chi connectivity index (χ1) is 10.6. The lowest BCUT2D eigenvalue weighted by Crippen LogP contribution is -2.42. The Hall–Kier alpha value is -2.63. The molecule has 6 heteroatoms. The summed E-state index contributed by atoms with van der Waals surface area (Å²) in [7, 11) is 0. The molecule has 0 fully saturated rings. The second-order valence-corrected chi connectivity index (χ2v) is 5.38. The van der Waals surface area contributed by atoms with E-state index in [1.807, 2.05) is 26.0 Å². The first-order valence-corrected chi connectivity index (χ1v) is 7.27. The molecular weight excluding hydrogens is 282 g/mol. The van der Waals surface area contributed by atoms with Crippen molar-refractivity contribution in [2.24, 2.45) is 0 Å². The Balaban J connectivity index is 1.92. The SMILES string of the molecule is CC[C@H](C)c1cc(C(=O)N2CC(=O)Nc3ccccc32)on1. The Morgan fingerprint density at radius 3 is 3.00 bits per heavy atom. The number of aromatic nitrogens is 1. The van der Waals surface area contributed by atoms with Gasteiger partial charge in [-0.3, -0.25) is 14.5 Å². The molecule has 0 aliphatic carbocycles. The second-order valence-electron chi connectivity index (χ2n) is 5.38. The number of nitrogens with zero attached hydrogens (tertiary/aromatic N) is 2. The van der Waals surface area contributed by atoms with Crippen molar-refractivity contribution in [3.8, 4) is 0 Å². The monoisotopic (exact) mass is 299 g/mol. The summed E-state index contributed by atoms with van der Waals surface area (Å²) >= 11 is 0. The first-order valence-electron chi connectivity index (χ1n) is 7.27. The summed E-state index contributed by atoms with van der Waals surface area (Å²) in [6.45, 7) is 4.04. The molecule has 1 atom stereocenters. The quantitative estimate of drug-likeness (QED) is 0.945. The molecule has 6 nitrogen and oxygen atoms in total. The van der Waals surface area contributed by atoms with Crippen molar-refractivity contribution in [2.45, 2.75) is 26.2 Å². The highest BCUT2D eigenvalue weighted by Crippen LogP contribution is 2.30. The van der Waals surface area contributed by atoms with Crippen LogP contribution in [0.15, 0.2) is 34.9 Å². The zero-order chi connectivity index (χ0) is 15.7. The van der Waals surface area contributed by atoms with Gasteiger partial charge in [0.1, 0.15) is 6.54 Å². The summed E-state index contributed by atoms with van der Waals surface area (Å²) in [6.07, 6.45) is 0.912. The van der Waals surface area contributed by atoms with Crippen LogP contribution in [0, 0.1) is 0 Å². The lowest BCUT2D eigenvalue weighted by atomic mass is 10.1. The average Bonchev–Trinajstić information content (AvgIpc) is 3.02. The van der Waals surface area contributed by atoms with E-state index >= 15 is 0 Å². The van der Waals surface area contributed by atoms with Gasteiger partial charge >= 0.3 is 0 Å². The molecule has 2 amide bonds. The van der Waals surface area contributed by atoms with Crippen molar-refractivity contribution in [2.75, 3.05) is 16.8 Å². The minimum absolute atomic E-state index is 0.0325. The molecule has 1 aliphatic rings. The first kappa shape index (κ1) is 14.3. The predicted molar refractivity (Wildman–Crippen MR) is 82.0 cm³/mol. The Morgan fingerprint density at radius 2 is 2.23 bits per heavy atom. The zero-order valence-corrected chi connectivity index (χ0v) is 12.5. The van der Waals surface area contributed by atoms with Crippen LogP contribution >= 0.6 is 0 Å². The van der Waals surface area contributed by atoms with E-state index in [1.165, 1.54) is 4.90 Å². The number of hydrogen-bond donors (Lipinski definition) is 1. The van der Waals surface area contributed by atoms with Crippen LogP contribution in [0.25, 0.3) is 0 Å². The van der Waals surface area contributed by atoms with Crippen molar-refractivity contribution < 1.29 is 14.1 Å². The number of benzene rings is 1. The molecule has 114 valence electrons. The summed E-state index contributed by atoms with van der Waals surface area (Å²) in [5.74, 6) is -0.208. The Bertz CT molecular complexity index is 723. The number of rotatable bonds is 3. The predicted octanol–water partition coefficient (Wildman–Crippen LogP) is 2.79. The van der Waals surface area contributed by atoms with E-state index in [0.29, 0.717) is 11.4 Å². The molecule has 1 aliphatic heterocycles. The average molecular weight is 299 g/mol. The van der Waals surface area contributed by atoms with Crippen molar-refractivity contribution >= 4 is 23.2 Å². The molecule has 0 radical (unpaired) electrons. The Labute approximate surface area is 128 Å². The lowest BCUT2D eigenvalue weighted by Gasteiger charge is -2.28. The number of hydrogen-bond acceptors (Lipinski definition) is 4. The van der Waals surface area contributed by atoms with E-state index in [0.717, 1.165) is 12.1 Å². The Morgan fingerprint density at radius 1 is 1.45 bits per heavy atom. The molecule has 1 N–H and O–H groups in total. The highest BCUT2D eigenvalue weighted by molar-refractivity contribution is 6.14. The number of carbonyl (C=O) groups is 2. The van der Waals surface area contributed by atoms with Gasteiger partial charge in [0, 0.05) is 12.0 Å². The van der Waals surface area contributed by atoms with Crippen LogP contribution in [0.1, 0.15) is 42.4 Å². The standard InChI is InChI=1S/C16H17N3O3/c1-3-10(2)12-8-14(22-18-12)16(21)19-9-15(20)17-11-6-4-5-7-13(11)19/h4-8,10H,3,9H2,1-2H3,(H,17,20)/t10-/m0/s1. The molecule has 0 spiro atoms. The van der Waals surface area contributed by atoms with E-state index in [1.54, 1.807) is 18.2 Å². The summed E-state index contributed by atoms with van der Waals surface area (Å²) in [5, 5.41) is 6.70. The van der Waals surface area contributed by atoms with E-state index in [2.05, 4.69) is 10.5 Å². The van der Waals surface area contributed by atoms with Crippen LogP contribution in [0.5, 0.6) is 0 Å². The van der Waals surface area contributed by atoms with Gasteiger partial charge in [-0.1, -0.05) is 31.1 Å². The maximum Gasteiger partial charge on any atom is 0.297 e. The van der Waals surface area contributed by atoms with Gasteiger partial charge in [-0.15, -0.1) is 0 Å². The third-order valence-electron chi connectivity index (χ3n) is 3.87. The summed E-state index contributed by atoms with van der Waals surface area (Å²) in [4.78, 5) is 25.8. The van der Waals surface area contributed by atoms with Gasteiger partial charge in [0.2, 0.25) is 11.7 Å². The molecular formula is C16H17N3O3. The third-order valence-corrected chi connectivity index (χ3v) is 3.87. The minimum Gasteiger partial charge on any atom is -0.351 e. The van der Waals surface area contributed by atoms with E-state index < -0.39 is 0 Å². The van der Waals surface area contributed by atoms with Crippen LogP contribution in [0.4, 0.5) is 11.4 Å². The lowest BCUT2D eigenvalue weighted by molar-refractivity contribution is -0.115. The van der Waals surface area contributed by atoms with Crippen molar-refractivity contribution in [3.05, 3.63) is 41.8 Å². The topological polar surface area (TPSA) is 75.4 Å².